The van der Waals surface area contributed by atoms with Gasteiger partial charge in [0.1, 0.15) is 0 Å². The van der Waals surface area contributed by atoms with Crippen LogP contribution in [-0.2, 0) is 0 Å². The molecule has 0 aromatic heterocycles. The van der Waals surface area contributed by atoms with E-state index in [1.807, 2.05) is 0 Å². The summed E-state index contributed by atoms with van der Waals surface area (Å²) in [5.74, 6) is 36.3. The first-order valence-corrected chi connectivity index (χ1v) is 62.3. The molecule has 3 aliphatic heterocycles. The molecule has 0 aromatic carbocycles. The predicted octanol–water partition coefficient (Wildman–Crippen LogP) is 34.2. The molecule has 0 N–H and O–H groups in total. The normalized spacial score (nSPS) is 50.8. The summed E-state index contributed by atoms with van der Waals surface area (Å²) < 4.78 is 0. The van der Waals surface area contributed by atoms with Crippen LogP contribution in [0.5, 0.6) is 0 Å². The molecule has 0 spiro atoms. The van der Waals surface area contributed by atoms with Gasteiger partial charge in [0.05, 0.1) is 0 Å². The lowest BCUT2D eigenvalue weighted by Gasteiger charge is -2.73. The molecule has 4 heteroatoms. The molecule has 3 saturated heterocycles. The van der Waals surface area contributed by atoms with Crippen molar-refractivity contribution in [1.29, 1.82) is 0 Å². The van der Waals surface area contributed by atoms with E-state index in [1.54, 1.807) is 398 Å². The van der Waals surface area contributed by atoms with Crippen LogP contribution in [0.3, 0.4) is 0 Å². The maximum atomic E-state index is 4.16. The molecule has 0 radical (unpaired) electrons. The van der Waals surface area contributed by atoms with Gasteiger partial charge < -0.3 is 0 Å². The van der Waals surface area contributed by atoms with Crippen LogP contribution in [0.25, 0.3) is 0 Å². The van der Waals surface area contributed by atoms with Crippen LogP contribution >= 0.6 is 0 Å². The van der Waals surface area contributed by atoms with Crippen molar-refractivity contribution < 1.29 is 0 Å². The van der Waals surface area contributed by atoms with Crippen molar-refractivity contribution in [2.75, 3.05) is 0 Å². The zero-order chi connectivity index (χ0) is 88.1. The van der Waals surface area contributed by atoms with E-state index in [-0.39, 0.29) is 0 Å². The Labute approximate surface area is 804 Å². The molecule has 130 heavy (non-hydrogen) atoms. The standard InChI is InChI=1S/C126H210BN3/c1-123(2,3)93-59-85-51-53-87-61-95(125(7,8)9)73-106-100(69-91(63-93)116(85)118(87)106)83-55-57-112-108(71-83)127-109-72-84(101-70-92-64-94(124(4,5)6)60-86-52-54-88-62-96(126(10,11)12)74-107(101)119(88)117(86)92)56-58-113(109)130(122-104(81-43-27-17-28-44-81)67-90(78-37-21-14-22-38-78)68-105(122)82-45-29-18-30-46-82)115-76-97(128-110-49-33-31-47-98(110)99-48-32-34-50-111(99)128)75-114(120(115)127)129(112)121-102(79-39-23-15-24-40-79)65-89(77-35-19-13-20-36-77)66-103(121)80-41-25-16-26-42-80/h77-122H,13-76H2,1-12H3. The number of nitrogens with zero attached hydrogens (tertiary/aromatic N) is 3. The van der Waals surface area contributed by atoms with Gasteiger partial charge in [-0.15, -0.1) is 0 Å². The van der Waals surface area contributed by atoms with E-state index in [4.69, 9.17) is 0 Å². The largest absolute Gasteiger partial charge is 0.295 e. The van der Waals surface area contributed by atoms with Crippen LogP contribution in [0.4, 0.5) is 0 Å². The minimum absolute atomic E-state index is 0.416. The highest BCUT2D eigenvalue weighted by molar-refractivity contribution is 6.65. The van der Waals surface area contributed by atoms with Crippen molar-refractivity contribution in [3.63, 3.8) is 0 Å². The molecule has 34 atom stereocenters. The van der Waals surface area contributed by atoms with Gasteiger partial charge in [-0.1, -0.05) is 314 Å². The van der Waals surface area contributed by atoms with Gasteiger partial charge in [0.15, 0.2) is 6.71 Å². The smallest absolute Gasteiger partial charge is 0.156 e. The molecular weight excluding hydrogens is 1570 g/mol. The van der Waals surface area contributed by atoms with Crippen molar-refractivity contribution >= 4 is 6.71 Å². The average Bonchev–Trinajstić information content (AvgIpc) is 0.848. The highest BCUT2D eigenvalue weighted by Gasteiger charge is 2.72. The first-order valence-electron chi connectivity index (χ1n) is 62.3. The van der Waals surface area contributed by atoms with Crippen LogP contribution in [0.15, 0.2) is 0 Å². The van der Waals surface area contributed by atoms with E-state index in [2.05, 4.69) is 97.8 Å². The maximum absolute atomic E-state index is 4.16. The highest BCUT2D eigenvalue weighted by atomic mass is 15.3. The first-order chi connectivity index (χ1) is 63.0. The predicted molar refractivity (Wildman–Crippen MR) is 549 cm³/mol. The summed E-state index contributed by atoms with van der Waals surface area (Å²) in [6.07, 6.45) is 102. The van der Waals surface area contributed by atoms with Crippen LogP contribution in [0.1, 0.15) is 494 Å². The van der Waals surface area contributed by atoms with Crippen molar-refractivity contribution in [1.82, 2.24) is 14.7 Å². The second kappa shape index (κ2) is 37.3. The minimum atomic E-state index is 0.416. The summed E-state index contributed by atoms with van der Waals surface area (Å²) in [6.45, 7) is 34.0. The van der Waals surface area contributed by atoms with Gasteiger partial charge in [0.2, 0.25) is 0 Å². The SMILES string of the molecule is CC(C)(C)C1CC2CCC3CC(C(C)(C)C)CC4C(C5CCC6C(C5)B5C7CC(C8CC9CC(C(C)(C)C)CC%10CCC%11CC(C(C)(C)C)CC8C%11C%109)CCC7N(C7C(C8CCCCC8)CC(C8CCCCC8)CC7C7CCCCC7)C7CC(N8C9CCCCC9C9CCCCC98)CC(C57)N6C5C(C6CCCCC6)CC(C6CCCCC6)CC5C5CCCCC5)CC(C1)C2C34. The van der Waals surface area contributed by atoms with E-state index >= 15 is 0 Å². The Bertz CT molecular complexity index is 3420. The molecule has 21 saturated carbocycles. The third kappa shape index (κ3) is 16.8. The molecule has 0 amide bonds. The molecule has 21 aliphatic carbocycles. The summed E-state index contributed by atoms with van der Waals surface area (Å²) in [5.41, 5.74) is 1.69. The lowest BCUT2D eigenvalue weighted by atomic mass is 9.17. The zero-order valence-electron chi connectivity index (χ0n) is 87.7. The van der Waals surface area contributed by atoms with E-state index in [0.717, 1.165) is 280 Å². The third-order valence-corrected chi connectivity index (χ3v) is 52.3. The number of fused-ring (bicyclic) bond motifs is 7. The lowest BCUT2D eigenvalue weighted by molar-refractivity contribution is -0.161. The first kappa shape index (κ1) is 92.4. The Hall–Kier alpha value is -0.0551. The summed E-state index contributed by atoms with van der Waals surface area (Å²) in [7, 11) is 0. The molecule has 24 rings (SSSR count). The van der Waals surface area contributed by atoms with Gasteiger partial charge in [-0.2, -0.15) is 0 Å². The van der Waals surface area contributed by atoms with Gasteiger partial charge in [0.25, 0.3) is 0 Å². The van der Waals surface area contributed by atoms with E-state index in [1.165, 1.54) is 12.8 Å². The number of likely N-dealkylation sites (tertiary alicyclic amines) is 1. The summed E-state index contributed by atoms with van der Waals surface area (Å²) >= 11 is 0. The molecule has 0 bridgehead atoms. The number of rotatable bonds is 11. The van der Waals surface area contributed by atoms with Crippen LogP contribution in [0, 0.1) is 223 Å². The molecule has 732 valence electrons. The summed E-state index contributed by atoms with van der Waals surface area (Å²) in [6, 6.07) is 7.51. The maximum Gasteiger partial charge on any atom is 0.156 e. The fourth-order valence-electron chi connectivity index (χ4n) is 47.2. The third-order valence-electron chi connectivity index (χ3n) is 52.3. The molecular formula is C126H210BN3. The molecule has 3 heterocycles. The van der Waals surface area contributed by atoms with Crippen LogP contribution in [-0.4, -0.2) is 75.8 Å². The minimum Gasteiger partial charge on any atom is -0.295 e. The van der Waals surface area contributed by atoms with E-state index < -0.39 is 0 Å². The zero-order valence-corrected chi connectivity index (χ0v) is 87.7. The number of hydrogen-bond acceptors (Lipinski definition) is 3. The monoisotopic (exact) mass is 1780 g/mol. The second-order valence-electron chi connectivity index (χ2n) is 61.2. The van der Waals surface area contributed by atoms with Gasteiger partial charge in [0, 0.05) is 54.4 Å². The molecule has 24 aliphatic rings. The van der Waals surface area contributed by atoms with Crippen molar-refractivity contribution in [3.05, 3.63) is 0 Å². The van der Waals surface area contributed by atoms with Crippen molar-refractivity contribution in [2.45, 2.75) is 566 Å². The quantitative estimate of drug-likeness (QED) is 0.191. The summed E-state index contributed by atoms with van der Waals surface area (Å²) in [4.78, 5) is 12.1. The Balaban J connectivity index is 0.722. The van der Waals surface area contributed by atoms with Crippen molar-refractivity contribution in [3.8, 4) is 0 Å². The Morgan fingerprint density at radius 2 is 0.446 bits per heavy atom. The van der Waals surface area contributed by atoms with E-state index in [0.29, 0.717) is 21.7 Å². The van der Waals surface area contributed by atoms with Gasteiger partial charge in [-0.25, -0.2) is 0 Å². The fraction of sp³-hybridized carbons (Fsp3) is 1.00. The van der Waals surface area contributed by atoms with Crippen LogP contribution in [0.2, 0.25) is 17.5 Å². The van der Waals surface area contributed by atoms with Crippen LogP contribution < -0.4 is 0 Å². The van der Waals surface area contributed by atoms with Crippen molar-refractivity contribution in [2.24, 2.45) is 223 Å². The van der Waals surface area contributed by atoms with Gasteiger partial charge in [-0.05, 0) is 420 Å². The molecule has 3 nitrogen and oxygen atoms in total. The molecule has 34 unspecified atom stereocenters. The average molecular weight is 1780 g/mol. The second-order valence-corrected chi connectivity index (χ2v) is 61.2. The van der Waals surface area contributed by atoms with Gasteiger partial charge in [-0.3, -0.25) is 14.7 Å². The summed E-state index contributed by atoms with van der Waals surface area (Å²) in [5, 5.41) is 0. The Morgan fingerprint density at radius 3 is 0.777 bits per heavy atom. The van der Waals surface area contributed by atoms with E-state index in [9.17, 15) is 0 Å². The van der Waals surface area contributed by atoms with Gasteiger partial charge >= 0.3 is 0 Å². The highest BCUT2D eigenvalue weighted by Crippen LogP contribution is 2.75. The number of hydrogen-bond donors (Lipinski definition) is 0. The fourth-order valence-corrected chi connectivity index (χ4v) is 47.2. The molecule has 24 fully saturated rings. The lowest BCUT2D eigenvalue weighted by Crippen LogP contribution is -2.78. The topological polar surface area (TPSA) is 9.72 Å². The Kier molecular flexibility index (Phi) is 26.5. The Morgan fingerprint density at radius 1 is 0.169 bits per heavy atom. The molecule has 0 aromatic rings.